The zero-order chi connectivity index (χ0) is 12.5. The lowest BCUT2D eigenvalue weighted by Crippen LogP contribution is -2.25. The van der Waals surface area contributed by atoms with Crippen LogP contribution in [0.25, 0.3) is 0 Å². The van der Waals surface area contributed by atoms with Crippen molar-refractivity contribution in [2.45, 2.75) is 26.3 Å². The van der Waals surface area contributed by atoms with Crippen molar-refractivity contribution in [2.24, 2.45) is 5.41 Å². The van der Waals surface area contributed by atoms with Gasteiger partial charge in [-0.05, 0) is 25.8 Å². The SMILES string of the molecule is Cc1cc(CNCC2(CO)CC2)oc1C(=O)O. The largest absolute Gasteiger partial charge is 0.475 e. The van der Waals surface area contributed by atoms with E-state index in [9.17, 15) is 4.79 Å². The van der Waals surface area contributed by atoms with Crippen molar-refractivity contribution >= 4 is 5.97 Å². The van der Waals surface area contributed by atoms with Gasteiger partial charge in [0.25, 0.3) is 0 Å². The highest BCUT2D eigenvalue weighted by Gasteiger charge is 2.41. The predicted octanol–water partition coefficient (Wildman–Crippen LogP) is 1.15. The highest BCUT2D eigenvalue weighted by atomic mass is 16.4. The van der Waals surface area contributed by atoms with Crippen molar-refractivity contribution in [3.8, 4) is 0 Å². The molecule has 0 amide bonds. The third-order valence-electron chi connectivity index (χ3n) is 3.25. The van der Waals surface area contributed by atoms with Gasteiger partial charge >= 0.3 is 5.97 Å². The molecule has 3 N–H and O–H groups in total. The van der Waals surface area contributed by atoms with Crippen LogP contribution in [0, 0.1) is 12.3 Å². The second-order valence-electron chi connectivity index (χ2n) is 4.79. The molecule has 17 heavy (non-hydrogen) atoms. The van der Waals surface area contributed by atoms with Gasteiger partial charge in [-0.25, -0.2) is 4.79 Å². The first-order chi connectivity index (χ1) is 8.06. The molecule has 94 valence electrons. The standard InChI is InChI=1S/C12H17NO4/c1-8-4-9(17-10(8)11(15)16)5-13-6-12(7-14)2-3-12/h4,13-14H,2-3,5-7H2,1H3,(H,15,16). The molecule has 1 aliphatic rings. The van der Waals surface area contributed by atoms with Crippen molar-refractivity contribution < 1.29 is 19.4 Å². The smallest absolute Gasteiger partial charge is 0.372 e. The third kappa shape index (κ3) is 2.68. The minimum absolute atomic E-state index is 0.00472. The summed E-state index contributed by atoms with van der Waals surface area (Å²) in [7, 11) is 0. The summed E-state index contributed by atoms with van der Waals surface area (Å²) in [5, 5.41) is 21.2. The van der Waals surface area contributed by atoms with E-state index in [0.717, 1.165) is 19.4 Å². The van der Waals surface area contributed by atoms with Crippen LogP contribution < -0.4 is 5.32 Å². The lowest BCUT2D eigenvalue weighted by atomic mass is 10.1. The van der Waals surface area contributed by atoms with Crippen LogP contribution in [-0.2, 0) is 6.54 Å². The van der Waals surface area contributed by atoms with Crippen molar-refractivity contribution in [3.05, 3.63) is 23.2 Å². The summed E-state index contributed by atoms with van der Waals surface area (Å²) in [6.45, 7) is 3.16. The summed E-state index contributed by atoms with van der Waals surface area (Å²) in [5.41, 5.74) is 0.690. The molecule has 5 nitrogen and oxygen atoms in total. The van der Waals surface area contributed by atoms with Gasteiger partial charge < -0.3 is 19.9 Å². The van der Waals surface area contributed by atoms with E-state index in [-0.39, 0.29) is 17.8 Å². The van der Waals surface area contributed by atoms with Gasteiger partial charge in [-0.1, -0.05) is 0 Å². The van der Waals surface area contributed by atoms with Crippen LogP contribution >= 0.6 is 0 Å². The average Bonchev–Trinajstić information content (AvgIpc) is 2.96. The maximum Gasteiger partial charge on any atom is 0.372 e. The van der Waals surface area contributed by atoms with Crippen LogP contribution in [0.2, 0.25) is 0 Å². The molecule has 1 aromatic heterocycles. The number of furan rings is 1. The van der Waals surface area contributed by atoms with Gasteiger partial charge in [-0.15, -0.1) is 0 Å². The molecule has 5 heteroatoms. The topological polar surface area (TPSA) is 82.7 Å². The highest BCUT2D eigenvalue weighted by Crippen LogP contribution is 2.44. The summed E-state index contributed by atoms with van der Waals surface area (Å²) in [4.78, 5) is 10.8. The van der Waals surface area contributed by atoms with E-state index >= 15 is 0 Å². The minimum atomic E-state index is -1.04. The Hall–Kier alpha value is -1.33. The zero-order valence-electron chi connectivity index (χ0n) is 9.82. The van der Waals surface area contributed by atoms with E-state index < -0.39 is 5.97 Å². The molecule has 1 saturated carbocycles. The number of carbonyl (C=O) groups is 1. The van der Waals surface area contributed by atoms with Crippen molar-refractivity contribution in [1.82, 2.24) is 5.32 Å². The molecule has 1 fully saturated rings. The number of hydrogen-bond donors (Lipinski definition) is 3. The number of aryl methyl sites for hydroxylation is 1. The Bertz CT molecular complexity index is 420. The Balaban J connectivity index is 1.87. The molecule has 1 heterocycles. The van der Waals surface area contributed by atoms with Crippen LogP contribution in [0.4, 0.5) is 0 Å². The van der Waals surface area contributed by atoms with Gasteiger partial charge in [0.1, 0.15) is 5.76 Å². The summed E-state index contributed by atoms with van der Waals surface area (Å²) < 4.78 is 5.22. The second kappa shape index (κ2) is 4.50. The fourth-order valence-corrected chi connectivity index (χ4v) is 1.87. The Morgan fingerprint density at radius 3 is 2.76 bits per heavy atom. The van der Waals surface area contributed by atoms with E-state index in [1.54, 1.807) is 13.0 Å². The van der Waals surface area contributed by atoms with Gasteiger partial charge in [-0.2, -0.15) is 0 Å². The van der Waals surface area contributed by atoms with Crippen molar-refractivity contribution in [3.63, 3.8) is 0 Å². The predicted molar refractivity (Wildman–Crippen MR) is 60.9 cm³/mol. The molecule has 0 bridgehead atoms. The molecule has 0 atom stereocenters. The molecule has 0 unspecified atom stereocenters. The average molecular weight is 239 g/mol. The monoisotopic (exact) mass is 239 g/mol. The highest BCUT2D eigenvalue weighted by molar-refractivity contribution is 5.86. The number of aliphatic hydroxyl groups excluding tert-OH is 1. The number of rotatable bonds is 6. The second-order valence-corrected chi connectivity index (χ2v) is 4.79. The number of aromatic carboxylic acids is 1. The maximum atomic E-state index is 10.8. The van der Waals surface area contributed by atoms with Gasteiger partial charge in [0.05, 0.1) is 6.54 Å². The Labute approximate surface area is 99.4 Å². The van der Waals surface area contributed by atoms with Crippen molar-refractivity contribution in [2.75, 3.05) is 13.2 Å². The summed E-state index contributed by atoms with van der Waals surface area (Å²) in [5.74, 6) is -0.415. The number of carboxylic acids is 1. The Kier molecular flexibility index (Phi) is 3.22. The third-order valence-corrected chi connectivity index (χ3v) is 3.25. The first kappa shape index (κ1) is 12.1. The van der Waals surface area contributed by atoms with Crippen molar-refractivity contribution in [1.29, 1.82) is 0 Å². The number of aliphatic hydroxyl groups is 1. The Morgan fingerprint density at radius 1 is 1.59 bits per heavy atom. The van der Waals surface area contributed by atoms with Crippen LogP contribution in [-0.4, -0.2) is 29.3 Å². The zero-order valence-corrected chi connectivity index (χ0v) is 9.82. The van der Waals surface area contributed by atoms with Crippen LogP contribution in [0.15, 0.2) is 10.5 Å². The first-order valence-electron chi connectivity index (χ1n) is 5.70. The molecule has 0 spiro atoms. The van der Waals surface area contributed by atoms with Gasteiger partial charge in [-0.3, -0.25) is 0 Å². The molecule has 2 rings (SSSR count). The molecule has 1 aromatic rings. The number of carboxylic acid groups (broad SMARTS) is 1. The first-order valence-corrected chi connectivity index (χ1v) is 5.70. The van der Waals surface area contributed by atoms with Crippen LogP contribution in [0.5, 0.6) is 0 Å². The van der Waals surface area contributed by atoms with Crippen LogP contribution in [0.1, 0.15) is 34.7 Å². The molecular weight excluding hydrogens is 222 g/mol. The molecule has 0 aromatic carbocycles. The Morgan fingerprint density at radius 2 is 2.29 bits per heavy atom. The summed E-state index contributed by atoms with van der Waals surface area (Å²) in [6, 6.07) is 1.73. The normalized spacial score (nSPS) is 17.1. The minimum Gasteiger partial charge on any atom is -0.475 e. The van der Waals surface area contributed by atoms with E-state index in [1.165, 1.54) is 0 Å². The van der Waals surface area contributed by atoms with Crippen LogP contribution in [0.3, 0.4) is 0 Å². The molecular formula is C12H17NO4. The molecule has 0 radical (unpaired) electrons. The fraction of sp³-hybridized carbons (Fsp3) is 0.583. The summed E-state index contributed by atoms with van der Waals surface area (Å²) in [6.07, 6.45) is 2.10. The number of nitrogens with one attached hydrogen (secondary N) is 1. The fourth-order valence-electron chi connectivity index (χ4n) is 1.87. The van der Waals surface area contributed by atoms with E-state index in [0.29, 0.717) is 17.9 Å². The van der Waals surface area contributed by atoms with Gasteiger partial charge in [0, 0.05) is 24.1 Å². The summed E-state index contributed by atoms with van der Waals surface area (Å²) >= 11 is 0. The van der Waals surface area contributed by atoms with E-state index in [2.05, 4.69) is 5.32 Å². The quantitative estimate of drug-likeness (QED) is 0.693. The van der Waals surface area contributed by atoms with Gasteiger partial charge in [0.15, 0.2) is 0 Å². The molecule has 0 saturated heterocycles. The van der Waals surface area contributed by atoms with Gasteiger partial charge in [0.2, 0.25) is 5.76 Å². The molecule has 0 aliphatic heterocycles. The molecule has 1 aliphatic carbocycles. The lowest BCUT2D eigenvalue weighted by molar-refractivity contribution is 0.0659. The van der Waals surface area contributed by atoms with E-state index in [4.69, 9.17) is 14.6 Å². The maximum absolute atomic E-state index is 10.8. The lowest BCUT2D eigenvalue weighted by Gasteiger charge is -2.11. The van der Waals surface area contributed by atoms with E-state index in [1.807, 2.05) is 0 Å². The number of hydrogen-bond acceptors (Lipinski definition) is 4.